The minimum atomic E-state index is -0.349. The summed E-state index contributed by atoms with van der Waals surface area (Å²) in [5.41, 5.74) is 7.04. The predicted molar refractivity (Wildman–Crippen MR) is 64.7 cm³/mol. The lowest BCUT2D eigenvalue weighted by Crippen LogP contribution is -2.40. The third-order valence-electron chi connectivity index (χ3n) is 3.30. The van der Waals surface area contributed by atoms with Crippen molar-refractivity contribution in [1.82, 2.24) is 0 Å². The molecule has 0 aromatic heterocycles. The molecule has 82 valence electrons. The molecular formula is C12H16BrNO. The van der Waals surface area contributed by atoms with Crippen molar-refractivity contribution in [3.63, 3.8) is 0 Å². The summed E-state index contributed by atoms with van der Waals surface area (Å²) in [6.07, 6.45) is 2.90. The van der Waals surface area contributed by atoms with Gasteiger partial charge in [-0.05, 0) is 42.9 Å². The van der Waals surface area contributed by atoms with Gasteiger partial charge in [0.05, 0.1) is 6.61 Å². The molecule has 0 unspecified atom stereocenters. The summed E-state index contributed by atoms with van der Waals surface area (Å²) in [5.74, 6) is 0.509. The highest BCUT2D eigenvalue weighted by molar-refractivity contribution is 9.10. The second kappa shape index (κ2) is 4.24. The molecule has 1 aromatic carbocycles. The Balaban J connectivity index is 2.11. The molecule has 2 nitrogen and oxygen atoms in total. The van der Waals surface area contributed by atoms with Crippen LogP contribution in [-0.4, -0.2) is 17.3 Å². The first-order valence-electron chi connectivity index (χ1n) is 5.28. The largest absolute Gasteiger partial charge is 0.394 e. The van der Waals surface area contributed by atoms with Gasteiger partial charge in [0.25, 0.3) is 0 Å². The maximum absolute atomic E-state index is 9.20. The first-order valence-corrected chi connectivity index (χ1v) is 6.07. The third-order valence-corrected chi connectivity index (χ3v) is 3.83. The molecule has 0 radical (unpaired) electrons. The molecule has 3 heteroatoms. The Morgan fingerprint density at radius 2 is 2.07 bits per heavy atom. The molecule has 0 heterocycles. The molecule has 15 heavy (non-hydrogen) atoms. The number of rotatable bonds is 2. The van der Waals surface area contributed by atoms with Gasteiger partial charge in [-0.25, -0.2) is 0 Å². The van der Waals surface area contributed by atoms with Crippen molar-refractivity contribution in [2.24, 2.45) is 5.73 Å². The van der Waals surface area contributed by atoms with Crippen molar-refractivity contribution < 1.29 is 5.11 Å². The highest BCUT2D eigenvalue weighted by Crippen LogP contribution is 2.39. The van der Waals surface area contributed by atoms with Crippen LogP contribution in [0.4, 0.5) is 0 Å². The fourth-order valence-corrected chi connectivity index (χ4v) is 2.58. The number of nitrogens with two attached hydrogens (primary N) is 1. The van der Waals surface area contributed by atoms with E-state index in [1.54, 1.807) is 0 Å². The van der Waals surface area contributed by atoms with Crippen LogP contribution in [0.3, 0.4) is 0 Å². The van der Waals surface area contributed by atoms with Crippen LogP contribution in [-0.2, 0) is 0 Å². The molecule has 1 aromatic rings. The van der Waals surface area contributed by atoms with Gasteiger partial charge in [0.2, 0.25) is 0 Å². The first kappa shape index (κ1) is 11.1. The normalized spacial score (nSPS) is 30.7. The Hall–Kier alpha value is -0.380. The van der Waals surface area contributed by atoms with Crippen LogP contribution in [0.25, 0.3) is 0 Å². The van der Waals surface area contributed by atoms with Crippen LogP contribution in [0, 0.1) is 0 Å². The lowest BCUT2D eigenvalue weighted by Gasteiger charge is -2.20. The van der Waals surface area contributed by atoms with E-state index in [2.05, 4.69) is 40.2 Å². The number of hydrogen-bond donors (Lipinski definition) is 2. The first-order chi connectivity index (χ1) is 7.13. The molecule has 0 aliphatic heterocycles. The van der Waals surface area contributed by atoms with E-state index in [0.29, 0.717) is 5.92 Å². The van der Waals surface area contributed by atoms with Crippen LogP contribution in [0.2, 0.25) is 0 Å². The zero-order chi connectivity index (χ0) is 10.9. The molecule has 1 aliphatic carbocycles. The maximum atomic E-state index is 9.20. The van der Waals surface area contributed by atoms with Crippen LogP contribution in [0.1, 0.15) is 30.7 Å². The quantitative estimate of drug-likeness (QED) is 0.866. The standard InChI is InChI=1S/C12H16BrNO/c13-11-3-1-9(2-4-11)10-5-6-12(14,7-10)8-15/h1-4,10,15H,5-8,14H2/t10-,12-/m0/s1. The Labute approximate surface area is 98.6 Å². The van der Waals surface area contributed by atoms with Gasteiger partial charge in [0.1, 0.15) is 0 Å². The lowest BCUT2D eigenvalue weighted by molar-refractivity contribution is 0.198. The van der Waals surface area contributed by atoms with Crippen LogP contribution < -0.4 is 5.73 Å². The van der Waals surface area contributed by atoms with Crippen molar-refractivity contribution in [3.05, 3.63) is 34.3 Å². The molecule has 0 spiro atoms. The summed E-state index contributed by atoms with van der Waals surface area (Å²) in [6.45, 7) is 0.0973. The van der Waals surface area contributed by atoms with Gasteiger partial charge in [-0.3, -0.25) is 0 Å². The molecule has 2 atom stereocenters. The van der Waals surface area contributed by atoms with Gasteiger partial charge in [-0.15, -0.1) is 0 Å². The second-order valence-electron chi connectivity index (χ2n) is 4.51. The molecule has 1 saturated carbocycles. The van der Waals surface area contributed by atoms with E-state index in [1.165, 1.54) is 5.56 Å². The maximum Gasteiger partial charge on any atom is 0.0611 e. The van der Waals surface area contributed by atoms with E-state index in [1.807, 2.05) is 0 Å². The summed E-state index contributed by atoms with van der Waals surface area (Å²) in [7, 11) is 0. The second-order valence-corrected chi connectivity index (χ2v) is 5.43. The highest BCUT2D eigenvalue weighted by atomic mass is 79.9. The number of aliphatic hydroxyl groups is 1. The zero-order valence-corrected chi connectivity index (χ0v) is 10.2. The van der Waals surface area contributed by atoms with E-state index in [-0.39, 0.29) is 12.1 Å². The molecule has 2 rings (SSSR count). The Kier molecular flexibility index (Phi) is 3.14. The minimum absolute atomic E-state index is 0.0973. The van der Waals surface area contributed by atoms with E-state index in [4.69, 9.17) is 5.73 Å². The lowest BCUT2D eigenvalue weighted by atomic mass is 9.94. The smallest absolute Gasteiger partial charge is 0.0611 e. The van der Waals surface area contributed by atoms with Crippen molar-refractivity contribution in [3.8, 4) is 0 Å². The van der Waals surface area contributed by atoms with Crippen molar-refractivity contribution in [2.45, 2.75) is 30.7 Å². The monoisotopic (exact) mass is 269 g/mol. The molecule has 0 amide bonds. The van der Waals surface area contributed by atoms with Gasteiger partial charge in [0, 0.05) is 10.0 Å². The Bertz CT molecular complexity index is 338. The van der Waals surface area contributed by atoms with Crippen molar-refractivity contribution in [2.75, 3.05) is 6.61 Å². The van der Waals surface area contributed by atoms with Gasteiger partial charge in [0.15, 0.2) is 0 Å². The van der Waals surface area contributed by atoms with Crippen molar-refractivity contribution in [1.29, 1.82) is 0 Å². The molecule has 0 bridgehead atoms. The zero-order valence-electron chi connectivity index (χ0n) is 8.62. The van der Waals surface area contributed by atoms with Crippen LogP contribution in [0.5, 0.6) is 0 Å². The molecule has 0 saturated heterocycles. The Morgan fingerprint density at radius 3 is 2.60 bits per heavy atom. The number of hydrogen-bond acceptors (Lipinski definition) is 2. The average Bonchev–Trinajstić information content (AvgIpc) is 2.63. The third kappa shape index (κ3) is 2.41. The fraction of sp³-hybridized carbons (Fsp3) is 0.500. The minimum Gasteiger partial charge on any atom is -0.394 e. The van der Waals surface area contributed by atoms with Gasteiger partial charge < -0.3 is 10.8 Å². The highest BCUT2D eigenvalue weighted by Gasteiger charge is 2.35. The van der Waals surface area contributed by atoms with Gasteiger partial charge >= 0.3 is 0 Å². The van der Waals surface area contributed by atoms with Gasteiger partial charge in [-0.2, -0.15) is 0 Å². The van der Waals surface area contributed by atoms with Crippen LogP contribution in [0.15, 0.2) is 28.7 Å². The average molecular weight is 270 g/mol. The number of aliphatic hydroxyl groups excluding tert-OH is 1. The Morgan fingerprint density at radius 1 is 1.40 bits per heavy atom. The van der Waals surface area contributed by atoms with Crippen molar-refractivity contribution >= 4 is 15.9 Å². The van der Waals surface area contributed by atoms with E-state index < -0.39 is 0 Å². The summed E-state index contributed by atoms with van der Waals surface area (Å²) >= 11 is 3.43. The summed E-state index contributed by atoms with van der Waals surface area (Å²) in [6, 6.07) is 8.39. The summed E-state index contributed by atoms with van der Waals surface area (Å²) in [4.78, 5) is 0. The van der Waals surface area contributed by atoms with Crippen LogP contribution >= 0.6 is 15.9 Å². The SMILES string of the molecule is N[C@@]1(CO)CC[C@H](c2ccc(Br)cc2)C1. The predicted octanol–water partition coefficient (Wildman–Crippen LogP) is 2.41. The molecule has 1 fully saturated rings. The van der Waals surface area contributed by atoms with E-state index >= 15 is 0 Å². The van der Waals surface area contributed by atoms with E-state index in [0.717, 1.165) is 23.7 Å². The molecule has 1 aliphatic rings. The van der Waals surface area contributed by atoms with E-state index in [9.17, 15) is 5.11 Å². The molecular weight excluding hydrogens is 254 g/mol. The fourth-order valence-electron chi connectivity index (χ4n) is 2.32. The summed E-state index contributed by atoms with van der Waals surface area (Å²) in [5, 5.41) is 9.20. The topological polar surface area (TPSA) is 46.2 Å². The summed E-state index contributed by atoms with van der Waals surface area (Å²) < 4.78 is 1.10. The number of benzene rings is 1. The van der Waals surface area contributed by atoms with Gasteiger partial charge in [-0.1, -0.05) is 28.1 Å². The molecule has 3 N–H and O–H groups in total. The number of halogens is 1.